The lowest BCUT2D eigenvalue weighted by atomic mass is 10.0. The van der Waals surface area contributed by atoms with Crippen molar-refractivity contribution in [1.29, 1.82) is 0 Å². The van der Waals surface area contributed by atoms with Gasteiger partial charge in [0.15, 0.2) is 0 Å². The van der Waals surface area contributed by atoms with Crippen molar-refractivity contribution < 1.29 is 0 Å². The minimum Gasteiger partial charge on any atom is -0.252 e. The average Bonchev–Trinajstić information content (AvgIpc) is 3.40. The largest absolute Gasteiger partial charge is 0.252 e. The van der Waals surface area contributed by atoms with Crippen molar-refractivity contribution in [2.45, 2.75) is 336 Å². The Kier molecular flexibility index (Phi) is 47.0. The summed E-state index contributed by atoms with van der Waals surface area (Å²) in [5.41, 5.74) is 7.31. The summed E-state index contributed by atoms with van der Waals surface area (Å²) in [5, 5.41) is 0. The highest BCUT2D eigenvalue weighted by molar-refractivity contribution is 6.43. The first-order chi connectivity index (χ1) is 35.7. The first kappa shape index (κ1) is 65.4. The van der Waals surface area contributed by atoms with Crippen LogP contribution in [0.2, 0.25) is 0 Å². The Hall–Kier alpha value is -2.74. The molecular weight excluding hydrogens is 869 g/mol. The van der Waals surface area contributed by atoms with E-state index in [4.69, 9.17) is 9.98 Å². The number of allylic oxidation sites excluding steroid dienone is 4. The molecule has 0 bridgehead atoms. The molecule has 72 heavy (non-hydrogen) atoms. The lowest BCUT2D eigenvalue weighted by Crippen LogP contribution is -2.14. The second-order valence-corrected chi connectivity index (χ2v) is 22.3. The van der Waals surface area contributed by atoms with Gasteiger partial charge in [-0.15, -0.1) is 0 Å². The van der Waals surface area contributed by atoms with Crippen LogP contribution >= 0.6 is 0 Å². The van der Waals surface area contributed by atoms with Crippen molar-refractivity contribution in [1.82, 2.24) is 0 Å². The number of unbranched alkanes of at least 4 members (excludes halogenated alkanes) is 38. The van der Waals surface area contributed by atoms with Gasteiger partial charge in [0.1, 0.15) is 0 Å². The van der Waals surface area contributed by atoms with Crippen LogP contribution in [0.3, 0.4) is 0 Å². The first-order valence-corrected chi connectivity index (χ1v) is 32.3. The third-order valence-corrected chi connectivity index (χ3v) is 15.2. The van der Waals surface area contributed by atoms with Crippen molar-refractivity contribution >= 4 is 22.8 Å². The van der Waals surface area contributed by atoms with E-state index in [0.717, 1.165) is 62.7 Å². The van der Waals surface area contributed by atoms with Crippen LogP contribution in [0.5, 0.6) is 0 Å². The standard InChI is InChI=1S/C70H120N2/c1-5-9-13-15-17-19-21-23-25-27-29-31-33-35-37-39-41-43-45-47-49-51-53-65-57-61-67(62-58-65)71-69(55-11-7-3)70(56-12-8-4)72-68-63-59-66(60-64-68)54-52-50-48-46-44-42-40-38-36-34-32-30-28-26-24-22-20-18-16-14-10-6-2/h45-48,57-64H,5-44,49-56H2,1-4H3/b47-45+,48-46+,71-69?,72-70?. The Bertz CT molecular complexity index is 1420. The normalized spacial score (nSPS) is 12.4. The molecule has 0 unspecified atom stereocenters. The maximum atomic E-state index is 5.28. The van der Waals surface area contributed by atoms with Crippen LogP contribution in [-0.2, 0) is 12.8 Å². The fraction of sp³-hybridized carbons (Fsp3) is 0.743. The zero-order valence-corrected chi connectivity index (χ0v) is 48.8. The summed E-state index contributed by atoms with van der Waals surface area (Å²) < 4.78 is 0. The van der Waals surface area contributed by atoms with Gasteiger partial charge in [0.25, 0.3) is 0 Å². The van der Waals surface area contributed by atoms with E-state index in [2.05, 4.69) is 101 Å². The van der Waals surface area contributed by atoms with Gasteiger partial charge in [-0.25, -0.2) is 0 Å². The summed E-state index contributed by atoms with van der Waals surface area (Å²) in [6, 6.07) is 18.1. The number of aryl methyl sites for hydroxylation is 2. The summed E-state index contributed by atoms with van der Waals surface area (Å²) in [6.45, 7) is 9.18. The van der Waals surface area contributed by atoms with Crippen LogP contribution in [0.25, 0.3) is 0 Å². The molecule has 0 aliphatic carbocycles. The van der Waals surface area contributed by atoms with Crippen LogP contribution in [0.4, 0.5) is 11.4 Å². The van der Waals surface area contributed by atoms with Crippen LogP contribution < -0.4 is 0 Å². The van der Waals surface area contributed by atoms with Gasteiger partial charge in [-0.3, -0.25) is 9.98 Å². The molecule has 0 N–H and O–H groups in total. The van der Waals surface area contributed by atoms with Gasteiger partial charge in [0.05, 0.1) is 22.8 Å². The Morgan fingerprint density at radius 2 is 0.486 bits per heavy atom. The van der Waals surface area contributed by atoms with E-state index in [-0.39, 0.29) is 0 Å². The number of nitrogens with zero attached hydrogens (tertiary/aromatic N) is 2. The quantitative estimate of drug-likeness (QED) is 0.0358. The number of hydrogen-bond acceptors (Lipinski definition) is 2. The summed E-state index contributed by atoms with van der Waals surface area (Å²) in [6.07, 6.45) is 74.8. The molecule has 0 radical (unpaired) electrons. The average molecular weight is 990 g/mol. The molecule has 0 aromatic heterocycles. The van der Waals surface area contributed by atoms with Gasteiger partial charge in [-0.1, -0.05) is 295 Å². The van der Waals surface area contributed by atoms with E-state index < -0.39 is 0 Å². The molecule has 0 saturated carbocycles. The molecule has 0 heterocycles. The van der Waals surface area contributed by atoms with Gasteiger partial charge in [0, 0.05) is 0 Å². The van der Waals surface area contributed by atoms with Crippen molar-refractivity contribution in [2.24, 2.45) is 9.98 Å². The molecular formula is C70H120N2. The summed E-state index contributed by atoms with van der Waals surface area (Å²) in [5.74, 6) is 0. The van der Waals surface area contributed by atoms with Crippen LogP contribution in [0, 0.1) is 0 Å². The molecule has 2 rings (SSSR count). The predicted octanol–water partition coefficient (Wildman–Crippen LogP) is 24.8. The van der Waals surface area contributed by atoms with Gasteiger partial charge < -0.3 is 0 Å². The lowest BCUT2D eigenvalue weighted by Gasteiger charge is -2.11. The highest BCUT2D eigenvalue weighted by Crippen LogP contribution is 2.23. The second kappa shape index (κ2) is 51.7. The molecule has 2 aromatic carbocycles. The summed E-state index contributed by atoms with van der Waals surface area (Å²) in [7, 11) is 0. The second-order valence-electron chi connectivity index (χ2n) is 22.3. The highest BCUT2D eigenvalue weighted by Gasteiger charge is 2.11. The van der Waals surface area contributed by atoms with Crippen molar-refractivity contribution in [3.8, 4) is 0 Å². The molecule has 2 heteroatoms. The van der Waals surface area contributed by atoms with Crippen molar-refractivity contribution in [3.05, 3.63) is 84.0 Å². The molecule has 0 aliphatic heterocycles. The van der Waals surface area contributed by atoms with Gasteiger partial charge >= 0.3 is 0 Å². The molecule has 0 fully saturated rings. The molecule has 0 saturated heterocycles. The van der Waals surface area contributed by atoms with E-state index in [9.17, 15) is 0 Å². The van der Waals surface area contributed by atoms with E-state index >= 15 is 0 Å². The number of hydrogen-bond donors (Lipinski definition) is 0. The fourth-order valence-electron chi connectivity index (χ4n) is 10.3. The third-order valence-electron chi connectivity index (χ3n) is 15.2. The van der Waals surface area contributed by atoms with Gasteiger partial charge in [-0.2, -0.15) is 0 Å². The molecule has 0 spiro atoms. The Balaban J connectivity index is 1.60. The molecule has 0 amide bonds. The zero-order valence-electron chi connectivity index (χ0n) is 48.8. The third kappa shape index (κ3) is 40.6. The van der Waals surface area contributed by atoms with Crippen LogP contribution in [0.15, 0.2) is 82.8 Å². The first-order valence-electron chi connectivity index (χ1n) is 32.3. The maximum absolute atomic E-state index is 5.28. The monoisotopic (exact) mass is 989 g/mol. The zero-order chi connectivity index (χ0) is 51.3. The Morgan fingerprint density at radius 1 is 0.264 bits per heavy atom. The maximum Gasteiger partial charge on any atom is 0.0633 e. The Labute approximate surface area is 450 Å². The molecule has 2 aromatic rings. The Morgan fingerprint density at radius 3 is 0.736 bits per heavy atom. The van der Waals surface area contributed by atoms with Gasteiger partial charge in [-0.05, 0) is 125 Å². The summed E-state index contributed by atoms with van der Waals surface area (Å²) in [4.78, 5) is 10.6. The van der Waals surface area contributed by atoms with Gasteiger partial charge in [0.2, 0.25) is 0 Å². The van der Waals surface area contributed by atoms with Crippen molar-refractivity contribution in [2.75, 3.05) is 0 Å². The molecule has 2 nitrogen and oxygen atoms in total. The fourth-order valence-corrected chi connectivity index (χ4v) is 10.3. The number of aliphatic imine (C=N–C) groups is 2. The van der Waals surface area contributed by atoms with Crippen LogP contribution in [0.1, 0.15) is 334 Å². The van der Waals surface area contributed by atoms with Crippen LogP contribution in [-0.4, -0.2) is 11.4 Å². The number of rotatable bonds is 53. The molecule has 410 valence electrons. The predicted molar refractivity (Wildman–Crippen MR) is 328 cm³/mol. The minimum atomic E-state index is 0.984. The lowest BCUT2D eigenvalue weighted by molar-refractivity contribution is 0.527. The number of benzene rings is 2. The van der Waals surface area contributed by atoms with E-state index in [1.807, 2.05) is 0 Å². The van der Waals surface area contributed by atoms with Crippen molar-refractivity contribution in [3.63, 3.8) is 0 Å². The highest BCUT2D eigenvalue weighted by atomic mass is 14.8. The van der Waals surface area contributed by atoms with E-state index in [1.165, 1.54) is 279 Å². The molecule has 0 aliphatic rings. The minimum absolute atomic E-state index is 0.984. The smallest absolute Gasteiger partial charge is 0.0633 e. The SMILES string of the molecule is CCCCCCCCCCCCCCCCCCC/C=C/CCCc1ccc(N=C(CCCC)C(CCCC)=Nc2ccc(CCC/C=C/CCCCCCCCCCCCCCCCCCC)cc2)cc1. The molecule has 0 atom stereocenters. The summed E-state index contributed by atoms with van der Waals surface area (Å²) >= 11 is 0. The van der Waals surface area contributed by atoms with E-state index in [0.29, 0.717) is 0 Å². The topological polar surface area (TPSA) is 24.7 Å². The van der Waals surface area contributed by atoms with E-state index in [1.54, 1.807) is 0 Å².